The number of H-pyrrole nitrogens is 1. The van der Waals surface area contributed by atoms with Crippen molar-refractivity contribution in [3.05, 3.63) is 60.2 Å². The number of aromatic amines is 1. The molecule has 1 aliphatic heterocycles. The number of benzene rings is 2. The van der Waals surface area contributed by atoms with E-state index in [0.29, 0.717) is 37.6 Å². The highest BCUT2D eigenvalue weighted by Gasteiger charge is 2.25. The normalized spacial score (nSPS) is 14.0. The molecule has 9 nitrogen and oxygen atoms in total. The van der Waals surface area contributed by atoms with Crippen molar-refractivity contribution in [2.75, 3.05) is 42.1 Å². The maximum Gasteiger partial charge on any atom is 0.321 e. The predicted molar refractivity (Wildman–Crippen MR) is 126 cm³/mol. The molecular weight excluding hydrogens is 404 g/mol. The molecule has 5 rings (SSSR count). The summed E-state index contributed by atoms with van der Waals surface area (Å²) in [6.07, 6.45) is 0. The molecule has 32 heavy (non-hydrogen) atoms. The van der Waals surface area contributed by atoms with Gasteiger partial charge in [0.2, 0.25) is 5.95 Å². The second kappa shape index (κ2) is 8.18. The Morgan fingerprint density at radius 1 is 1.00 bits per heavy atom. The Bertz CT molecular complexity index is 1260. The van der Waals surface area contributed by atoms with Crippen LogP contribution in [0.2, 0.25) is 0 Å². The van der Waals surface area contributed by atoms with Crippen LogP contribution < -0.4 is 16.0 Å². The first-order valence-electron chi connectivity index (χ1n) is 10.5. The third kappa shape index (κ3) is 3.92. The fraction of sp³-hybridized carbons (Fsp3) is 0.217. The number of nitrogens with zero attached hydrogens (tertiary/aromatic N) is 5. The number of urea groups is 1. The Labute approximate surface area is 185 Å². The summed E-state index contributed by atoms with van der Waals surface area (Å²) in [5, 5.41) is 2.97. The quantitative estimate of drug-likeness (QED) is 0.461. The second-order valence-corrected chi connectivity index (χ2v) is 7.83. The topological polar surface area (TPSA) is 116 Å². The first kappa shape index (κ1) is 19.8. The van der Waals surface area contributed by atoms with Crippen LogP contribution in [-0.4, -0.2) is 57.0 Å². The van der Waals surface area contributed by atoms with Crippen LogP contribution in [0.15, 0.2) is 54.6 Å². The highest BCUT2D eigenvalue weighted by molar-refractivity contribution is 5.90. The van der Waals surface area contributed by atoms with Gasteiger partial charge in [0.1, 0.15) is 11.3 Å². The average molecular weight is 429 g/mol. The second-order valence-electron chi connectivity index (χ2n) is 7.83. The number of piperazine rings is 1. The minimum Gasteiger partial charge on any atom is -0.368 e. The van der Waals surface area contributed by atoms with E-state index >= 15 is 0 Å². The summed E-state index contributed by atoms with van der Waals surface area (Å²) in [6.45, 7) is 4.41. The molecule has 0 aliphatic carbocycles. The lowest BCUT2D eigenvalue weighted by Crippen LogP contribution is -2.50. The third-order valence-electron chi connectivity index (χ3n) is 5.53. The SMILES string of the molecule is Cc1cccc(NC(=O)N2CCN(c3nc(N)nc4nc(-c5ccccc5)[nH]c34)CC2)c1. The van der Waals surface area contributed by atoms with E-state index in [1.807, 2.05) is 66.4 Å². The number of anilines is 3. The summed E-state index contributed by atoms with van der Waals surface area (Å²) in [5.41, 5.74) is 10.1. The van der Waals surface area contributed by atoms with Crippen molar-refractivity contribution >= 4 is 34.6 Å². The molecule has 0 atom stereocenters. The van der Waals surface area contributed by atoms with Crippen LogP contribution in [0.1, 0.15) is 5.56 Å². The maximum atomic E-state index is 12.7. The van der Waals surface area contributed by atoms with Crippen LogP contribution in [0.3, 0.4) is 0 Å². The van der Waals surface area contributed by atoms with Gasteiger partial charge >= 0.3 is 6.03 Å². The molecule has 1 aliphatic rings. The maximum absolute atomic E-state index is 12.7. The van der Waals surface area contributed by atoms with Gasteiger partial charge in [0.15, 0.2) is 11.5 Å². The van der Waals surface area contributed by atoms with Crippen LogP contribution in [0, 0.1) is 6.92 Å². The minimum atomic E-state index is -0.101. The average Bonchev–Trinajstić information content (AvgIpc) is 3.23. The van der Waals surface area contributed by atoms with Gasteiger partial charge in [0.25, 0.3) is 0 Å². The van der Waals surface area contributed by atoms with E-state index < -0.39 is 0 Å². The van der Waals surface area contributed by atoms with E-state index in [1.165, 1.54) is 0 Å². The van der Waals surface area contributed by atoms with Gasteiger partial charge in [-0.3, -0.25) is 0 Å². The summed E-state index contributed by atoms with van der Waals surface area (Å²) in [7, 11) is 0. The van der Waals surface area contributed by atoms with E-state index in [2.05, 4.69) is 30.2 Å². The zero-order chi connectivity index (χ0) is 22.1. The Morgan fingerprint density at radius 2 is 1.78 bits per heavy atom. The van der Waals surface area contributed by atoms with Gasteiger partial charge in [0, 0.05) is 37.4 Å². The molecular formula is C23H24N8O. The largest absolute Gasteiger partial charge is 0.368 e. The lowest BCUT2D eigenvalue weighted by molar-refractivity contribution is 0.208. The molecule has 0 radical (unpaired) electrons. The molecule has 162 valence electrons. The van der Waals surface area contributed by atoms with Gasteiger partial charge in [-0.15, -0.1) is 0 Å². The number of nitrogens with one attached hydrogen (secondary N) is 2. The Morgan fingerprint density at radius 3 is 2.53 bits per heavy atom. The number of imidazole rings is 1. The first-order valence-corrected chi connectivity index (χ1v) is 10.5. The molecule has 2 amide bonds. The molecule has 9 heteroatoms. The number of nitrogen functional groups attached to an aromatic ring is 1. The molecule has 4 N–H and O–H groups in total. The van der Waals surface area contributed by atoms with Crippen molar-refractivity contribution in [3.63, 3.8) is 0 Å². The third-order valence-corrected chi connectivity index (χ3v) is 5.53. The molecule has 0 bridgehead atoms. The minimum absolute atomic E-state index is 0.101. The Hall–Kier alpha value is -4.14. The number of hydrogen-bond acceptors (Lipinski definition) is 6. The molecule has 3 heterocycles. The monoisotopic (exact) mass is 428 g/mol. The number of amides is 2. The molecule has 2 aromatic carbocycles. The number of fused-ring (bicyclic) bond motifs is 1. The number of carbonyl (C=O) groups excluding carboxylic acids is 1. The van der Waals surface area contributed by atoms with Gasteiger partial charge in [-0.05, 0) is 24.6 Å². The highest BCUT2D eigenvalue weighted by Crippen LogP contribution is 2.27. The lowest BCUT2D eigenvalue weighted by atomic mass is 10.2. The van der Waals surface area contributed by atoms with Crippen molar-refractivity contribution in [3.8, 4) is 11.4 Å². The number of rotatable bonds is 3. The summed E-state index contributed by atoms with van der Waals surface area (Å²) in [4.78, 5) is 33.3. The predicted octanol–water partition coefficient (Wildman–Crippen LogP) is 3.26. The van der Waals surface area contributed by atoms with Crippen LogP contribution in [0.5, 0.6) is 0 Å². The first-order chi connectivity index (χ1) is 15.6. The number of carbonyl (C=O) groups is 1. The van der Waals surface area contributed by atoms with E-state index in [9.17, 15) is 4.79 Å². The molecule has 0 unspecified atom stereocenters. The summed E-state index contributed by atoms with van der Waals surface area (Å²) >= 11 is 0. The van der Waals surface area contributed by atoms with E-state index in [4.69, 9.17) is 5.73 Å². The van der Waals surface area contributed by atoms with E-state index in [-0.39, 0.29) is 12.0 Å². The Kier molecular flexibility index (Phi) is 5.06. The van der Waals surface area contributed by atoms with Crippen molar-refractivity contribution in [2.24, 2.45) is 0 Å². The standard InChI is InChI=1S/C23H24N8O/c1-15-6-5-9-17(14-15)25-23(32)31-12-10-30(11-13-31)21-18-20(28-22(24)29-21)27-19(26-18)16-7-3-2-4-8-16/h2-9,14H,10-13H2,1H3,(H,25,32)(H3,24,26,27,28,29). The van der Waals surface area contributed by atoms with Crippen molar-refractivity contribution < 1.29 is 4.79 Å². The van der Waals surface area contributed by atoms with Crippen LogP contribution in [0.4, 0.5) is 22.2 Å². The lowest BCUT2D eigenvalue weighted by Gasteiger charge is -2.35. The molecule has 0 spiro atoms. The fourth-order valence-electron chi connectivity index (χ4n) is 3.91. The number of hydrogen-bond donors (Lipinski definition) is 3. The van der Waals surface area contributed by atoms with Crippen molar-refractivity contribution in [1.29, 1.82) is 0 Å². The number of aryl methyl sites for hydroxylation is 1. The molecule has 1 saturated heterocycles. The zero-order valence-electron chi connectivity index (χ0n) is 17.7. The van der Waals surface area contributed by atoms with Gasteiger partial charge in [-0.1, -0.05) is 42.5 Å². The summed E-state index contributed by atoms with van der Waals surface area (Å²) < 4.78 is 0. The number of nitrogens with two attached hydrogens (primary N) is 1. The van der Waals surface area contributed by atoms with Crippen molar-refractivity contribution in [1.82, 2.24) is 24.8 Å². The molecule has 4 aromatic rings. The van der Waals surface area contributed by atoms with Gasteiger partial charge in [-0.25, -0.2) is 9.78 Å². The van der Waals surface area contributed by atoms with E-state index in [0.717, 1.165) is 28.2 Å². The van der Waals surface area contributed by atoms with Crippen LogP contribution >= 0.6 is 0 Å². The zero-order valence-corrected chi connectivity index (χ0v) is 17.7. The van der Waals surface area contributed by atoms with Crippen LogP contribution in [-0.2, 0) is 0 Å². The molecule has 0 saturated carbocycles. The van der Waals surface area contributed by atoms with Gasteiger partial charge < -0.3 is 25.8 Å². The molecule has 1 fully saturated rings. The summed E-state index contributed by atoms with van der Waals surface area (Å²) in [5.74, 6) is 1.61. The number of aromatic nitrogens is 4. The van der Waals surface area contributed by atoms with E-state index in [1.54, 1.807) is 0 Å². The smallest absolute Gasteiger partial charge is 0.321 e. The fourth-order valence-corrected chi connectivity index (χ4v) is 3.91. The van der Waals surface area contributed by atoms with Crippen molar-refractivity contribution in [2.45, 2.75) is 6.92 Å². The highest BCUT2D eigenvalue weighted by atomic mass is 16.2. The Balaban J connectivity index is 1.33. The molecule has 2 aromatic heterocycles. The van der Waals surface area contributed by atoms with Gasteiger partial charge in [0.05, 0.1) is 0 Å². The summed E-state index contributed by atoms with van der Waals surface area (Å²) in [6, 6.07) is 17.5. The van der Waals surface area contributed by atoms with Crippen LogP contribution in [0.25, 0.3) is 22.6 Å². The van der Waals surface area contributed by atoms with Gasteiger partial charge in [-0.2, -0.15) is 9.97 Å².